The van der Waals surface area contributed by atoms with Crippen LogP contribution in [0.2, 0.25) is 0 Å². The fourth-order valence-electron chi connectivity index (χ4n) is 1.84. The Bertz CT molecular complexity index is 352. The van der Waals surface area contributed by atoms with Crippen molar-refractivity contribution in [2.75, 3.05) is 18.5 Å². The molecule has 0 saturated carbocycles. The molecular weight excluding hydrogens is 214 g/mol. The first kappa shape index (κ1) is 13.6. The largest absolute Gasteiger partial charge is 0.465 e. The Morgan fingerprint density at radius 2 is 1.76 bits per heavy atom. The summed E-state index contributed by atoms with van der Waals surface area (Å²) in [4.78, 5) is 11.3. The van der Waals surface area contributed by atoms with Crippen LogP contribution in [-0.4, -0.2) is 19.1 Å². The lowest BCUT2D eigenvalue weighted by atomic mass is 10.0. The van der Waals surface area contributed by atoms with Gasteiger partial charge in [0.25, 0.3) is 0 Å². The standard InChI is InChI=1S/C14H21NO2/c1-4-11-8-7-9-12(5-2)14(11)15-10-13(16)17-6-3/h7-9,15H,4-6,10H2,1-3H3. The maximum atomic E-state index is 11.3. The molecule has 0 radical (unpaired) electrons. The number of hydrogen-bond donors (Lipinski definition) is 1. The number of hydrogen-bond acceptors (Lipinski definition) is 3. The van der Waals surface area contributed by atoms with Gasteiger partial charge in [-0.2, -0.15) is 0 Å². The molecule has 1 rings (SSSR count). The van der Waals surface area contributed by atoms with Crippen LogP contribution in [0.1, 0.15) is 31.9 Å². The zero-order chi connectivity index (χ0) is 12.7. The van der Waals surface area contributed by atoms with Crippen LogP contribution in [0.25, 0.3) is 0 Å². The molecule has 0 aliphatic carbocycles. The van der Waals surface area contributed by atoms with E-state index in [9.17, 15) is 4.79 Å². The Morgan fingerprint density at radius 1 is 1.18 bits per heavy atom. The van der Waals surface area contributed by atoms with Crippen LogP contribution in [0.3, 0.4) is 0 Å². The van der Waals surface area contributed by atoms with Crippen LogP contribution in [0.5, 0.6) is 0 Å². The van der Waals surface area contributed by atoms with Gasteiger partial charge in [-0.05, 0) is 30.9 Å². The second-order valence-electron chi connectivity index (χ2n) is 3.82. The molecule has 17 heavy (non-hydrogen) atoms. The zero-order valence-corrected chi connectivity index (χ0v) is 10.9. The highest BCUT2D eigenvalue weighted by molar-refractivity contribution is 5.76. The van der Waals surface area contributed by atoms with Crippen LogP contribution in [-0.2, 0) is 22.4 Å². The highest BCUT2D eigenvalue weighted by atomic mass is 16.5. The van der Waals surface area contributed by atoms with Crippen molar-refractivity contribution >= 4 is 11.7 Å². The van der Waals surface area contributed by atoms with Gasteiger partial charge in [-0.15, -0.1) is 0 Å². The van der Waals surface area contributed by atoms with Gasteiger partial charge >= 0.3 is 5.97 Å². The van der Waals surface area contributed by atoms with Crippen molar-refractivity contribution in [3.05, 3.63) is 29.3 Å². The molecule has 0 heterocycles. The zero-order valence-electron chi connectivity index (χ0n) is 10.9. The van der Waals surface area contributed by atoms with Crippen LogP contribution >= 0.6 is 0 Å². The quantitative estimate of drug-likeness (QED) is 0.770. The van der Waals surface area contributed by atoms with Gasteiger partial charge in [0, 0.05) is 5.69 Å². The molecule has 0 atom stereocenters. The van der Waals surface area contributed by atoms with E-state index in [4.69, 9.17) is 4.74 Å². The Balaban J connectivity index is 2.77. The minimum absolute atomic E-state index is 0.208. The molecule has 0 amide bonds. The average Bonchev–Trinajstić information content (AvgIpc) is 2.36. The van der Waals surface area contributed by atoms with Gasteiger partial charge in [-0.25, -0.2) is 0 Å². The molecule has 3 nitrogen and oxygen atoms in total. The number of benzene rings is 1. The number of esters is 1. The second kappa shape index (κ2) is 6.94. The normalized spacial score (nSPS) is 10.1. The topological polar surface area (TPSA) is 38.3 Å². The fraction of sp³-hybridized carbons (Fsp3) is 0.500. The lowest BCUT2D eigenvalue weighted by molar-refractivity contribution is -0.140. The summed E-state index contributed by atoms with van der Waals surface area (Å²) in [7, 11) is 0. The molecule has 1 N–H and O–H groups in total. The number of ether oxygens (including phenoxy) is 1. The molecule has 1 aromatic carbocycles. The summed E-state index contributed by atoms with van der Waals surface area (Å²) < 4.78 is 4.91. The molecule has 0 aliphatic heterocycles. The Labute approximate surface area is 103 Å². The SMILES string of the molecule is CCOC(=O)CNc1c(CC)cccc1CC. The van der Waals surface area contributed by atoms with Crippen molar-refractivity contribution in [1.29, 1.82) is 0 Å². The predicted molar refractivity (Wildman–Crippen MR) is 70.3 cm³/mol. The van der Waals surface area contributed by atoms with E-state index in [0.717, 1.165) is 18.5 Å². The van der Waals surface area contributed by atoms with Crippen molar-refractivity contribution in [2.45, 2.75) is 33.6 Å². The van der Waals surface area contributed by atoms with E-state index in [-0.39, 0.29) is 12.5 Å². The summed E-state index contributed by atoms with van der Waals surface area (Å²) in [6.45, 7) is 6.71. The van der Waals surface area contributed by atoms with Crippen molar-refractivity contribution in [1.82, 2.24) is 0 Å². The van der Waals surface area contributed by atoms with E-state index in [1.165, 1.54) is 11.1 Å². The maximum absolute atomic E-state index is 11.3. The first-order valence-corrected chi connectivity index (χ1v) is 6.23. The Kier molecular flexibility index (Phi) is 5.53. The van der Waals surface area contributed by atoms with Crippen LogP contribution < -0.4 is 5.32 Å². The van der Waals surface area contributed by atoms with Gasteiger partial charge in [0.05, 0.1) is 6.61 Å². The molecule has 0 saturated heterocycles. The van der Waals surface area contributed by atoms with Crippen LogP contribution in [0.4, 0.5) is 5.69 Å². The molecule has 0 spiro atoms. The minimum atomic E-state index is -0.208. The lowest BCUT2D eigenvalue weighted by Crippen LogP contribution is -2.18. The van der Waals surface area contributed by atoms with E-state index in [0.29, 0.717) is 6.61 Å². The molecule has 0 fully saturated rings. The monoisotopic (exact) mass is 235 g/mol. The number of aryl methyl sites for hydroxylation is 2. The van der Waals surface area contributed by atoms with Gasteiger partial charge in [0.2, 0.25) is 0 Å². The maximum Gasteiger partial charge on any atom is 0.325 e. The first-order valence-electron chi connectivity index (χ1n) is 6.23. The molecule has 0 aliphatic rings. The highest BCUT2D eigenvalue weighted by Crippen LogP contribution is 2.22. The van der Waals surface area contributed by atoms with E-state index in [1.54, 1.807) is 0 Å². The van der Waals surface area contributed by atoms with E-state index < -0.39 is 0 Å². The smallest absolute Gasteiger partial charge is 0.325 e. The Hall–Kier alpha value is -1.51. The van der Waals surface area contributed by atoms with Crippen LogP contribution in [0.15, 0.2) is 18.2 Å². The third-order valence-electron chi connectivity index (χ3n) is 2.71. The number of carbonyl (C=O) groups is 1. The molecule has 0 aromatic heterocycles. The van der Waals surface area contributed by atoms with Crippen molar-refractivity contribution < 1.29 is 9.53 Å². The number of carbonyl (C=O) groups excluding carboxylic acids is 1. The summed E-state index contributed by atoms with van der Waals surface area (Å²) in [5.41, 5.74) is 3.58. The van der Waals surface area contributed by atoms with Gasteiger partial charge in [-0.1, -0.05) is 32.0 Å². The van der Waals surface area contributed by atoms with E-state index in [2.05, 4.69) is 37.4 Å². The fourth-order valence-corrected chi connectivity index (χ4v) is 1.84. The number of anilines is 1. The third-order valence-corrected chi connectivity index (χ3v) is 2.71. The predicted octanol–water partition coefficient (Wildman–Crippen LogP) is 2.79. The first-order chi connectivity index (χ1) is 8.22. The summed E-state index contributed by atoms with van der Waals surface area (Å²) in [6, 6.07) is 6.24. The number of rotatable bonds is 6. The van der Waals surface area contributed by atoms with Gasteiger partial charge in [0.15, 0.2) is 0 Å². The number of para-hydroxylation sites is 1. The summed E-state index contributed by atoms with van der Waals surface area (Å²) in [5, 5.41) is 3.19. The van der Waals surface area contributed by atoms with Crippen molar-refractivity contribution in [2.24, 2.45) is 0 Å². The molecule has 0 bridgehead atoms. The highest BCUT2D eigenvalue weighted by Gasteiger charge is 2.08. The van der Waals surface area contributed by atoms with Crippen molar-refractivity contribution in [3.8, 4) is 0 Å². The van der Waals surface area contributed by atoms with Gasteiger partial charge < -0.3 is 10.1 Å². The van der Waals surface area contributed by atoms with Gasteiger partial charge in [-0.3, -0.25) is 4.79 Å². The third kappa shape index (κ3) is 3.77. The molecule has 94 valence electrons. The Morgan fingerprint density at radius 3 is 2.24 bits per heavy atom. The molecule has 1 aromatic rings. The summed E-state index contributed by atoms with van der Waals surface area (Å²) in [5.74, 6) is -0.208. The van der Waals surface area contributed by atoms with E-state index >= 15 is 0 Å². The number of nitrogens with one attached hydrogen (secondary N) is 1. The molecular formula is C14H21NO2. The molecule has 3 heteroatoms. The van der Waals surface area contributed by atoms with Gasteiger partial charge in [0.1, 0.15) is 6.54 Å². The van der Waals surface area contributed by atoms with E-state index in [1.807, 2.05) is 6.92 Å². The lowest BCUT2D eigenvalue weighted by Gasteiger charge is -2.14. The van der Waals surface area contributed by atoms with Crippen molar-refractivity contribution in [3.63, 3.8) is 0 Å². The average molecular weight is 235 g/mol. The minimum Gasteiger partial charge on any atom is -0.465 e. The molecule has 0 unspecified atom stereocenters. The summed E-state index contributed by atoms with van der Waals surface area (Å²) in [6.07, 6.45) is 1.91. The second-order valence-corrected chi connectivity index (χ2v) is 3.82. The van der Waals surface area contributed by atoms with Crippen LogP contribution in [0, 0.1) is 0 Å². The summed E-state index contributed by atoms with van der Waals surface area (Å²) >= 11 is 0.